The lowest BCUT2D eigenvalue weighted by atomic mass is 9.86. The molecule has 21 heavy (non-hydrogen) atoms. The smallest absolute Gasteiger partial charge is 0.309 e. The average molecular weight is 291 g/mol. The van der Waals surface area contributed by atoms with Gasteiger partial charge in [0.25, 0.3) is 0 Å². The van der Waals surface area contributed by atoms with Gasteiger partial charge in [0.2, 0.25) is 0 Å². The van der Waals surface area contributed by atoms with Gasteiger partial charge in [0.1, 0.15) is 0 Å². The van der Waals surface area contributed by atoms with Gasteiger partial charge in [-0.2, -0.15) is 0 Å². The summed E-state index contributed by atoms with van der Waals surface area (Å²) in [4.78, 5) is 11.4. The second-order valence-electron chi connectivity index (χ2n) is 5.76. The van der Waals surface area contributed by atoms with Crippen LogP contribution in [0.2, 0.25) is 0 Å². The molecule has 0 spiro atoms. The third-order valence-electron chi connectivity index (χ3n) is 4.27. The number of carbonyl (C=O) groups is 1. The van der Waals surface area contributed by atoms with E-state index in [9.17, 15) is 9.90 Å². The highest BCUT2D eigenvalue weighted by atomic mass is 16.5. The lowest BCUT2D eigenvalue weighted by Crippen LogP contribution is -2.33. The Hall–Kier alpha value is -1.39. The second-order valence-corrected chi connectivity index (χ2v) is 5.76. The summed E-state index contributed by atoms with van der Waals surface area (Å²) in [5.74, 6) is 0.136. The number of aliphatic hydroxyl groups excluding tert-OH is 1. The largest absolute Gasteiger partial charge is 0.469 e. The van der Waals surface area contributed by atoms with Crippen LogP contribution in [0.4, 0.5) is 0 Å². The van der Waals surface area contributed by atoms with Gasteiger partial charge in [-0.1, -0.05) is 37.1 Å². The van der Waals surface area contributed by atoms with Crippen molar-refractivity contribution >= 4 is 5.97 Å². The summed E-state index contributed by atoms with van der Waals surface area (Å²) in [5.41, 5.74) is 2.12. The molecule has 1 saturated carbocycles. The van der Waals surface area contributed by atoms with Gasteiger partial charge in [-0.25, -0.2) is 0 Å². The van der Waals surface area contributed by atoms with Gasteiger partial charge in [0.15, 0.2) is 0 Å². The molecule has 0 heterocycles. The van der Waals surface area contributed by atoms with Crippen LogP contribution in [-0.2, 0) is 22.5 Å². The summed E-state index contributed by atoms with van der Waals surface area (Å²) in [6.45, 7) is 1.55. The van der Waals surface area contributed by atoms with Gasteiger partial charge in [0, 0.05) is 13.1 Å². The minimum atomic E-state index is -0.217. The Morgan fingerprint density at radius 2 is 2.00 bits per heavy atom. The summed E-state index contributed by atoms with van der Waals surface area (Å²) in [6.07, 6.45) is 4.50. The number of aliphatic hydroxyl groups is 1. The number of hydrogen-bond acceptors (Lipinski definition) is 4. The molecule has 0 saturated heterocycles. The number of carbonyl (C=O) groups excluding carboxylic acids is 1. The summed E-state index contributed by atoms with van der Waals surface area (Å²) < 4.78 is 4.73. The van der Waals surface area contributed by atoms with Gasteiger partial charge in [0.05, 0.1) is 19.6 Å². The van der Waals surface area contributed by atoms with Gasteiger partial charge in [-0.3, -0.25) is 4.79 Å². The van der Waals surface area contributed by atoms with Crippen molar-refractivity contribution in [3.63, 3.8) is 0 Å². The predicted octanol–water partition coefficient (Wildman–Crippen LogP) is 2.04. The number of benzene rings is 1. The summed E-state index contributed by atoms with van der Waals surface area (Å²) in [7, 11) is 1.41. The van der Waals surface area contributed by atoms with E-state index in [-0.39, 0.29) is 12.1 Å². The highest BCUT2D eigenvalue weighted by Crippen LogP contribution is 2.23. The number of rotatable bonds is 6. The van der Waals surface area contributed by atoms with Crippen LogP contribution < -0.4 is 5.32 Å². The molecule has 2 atom stereocenters. The maximum absolute atomic E-state index is 11.4. The molecule has 2 unspecified atom stereocenters. The van der Waals surface area contributed by atoms with Crippen molar-refractivity contribution in [1.82, 2.24) is 5.32 Å². The fourth-order valence-corrected chi connectivity index (χ4v) is 2.95. The van der Waals surface area contributed by atoms with E-state index < -0.39 is 0 Å². The Kier molecular flexibility index (Phi) is 6.21. The van der Waals surface area contributed by atoms with E-state index in [0.29, 0.717) is 12.3 Å². The Bertz CT molecular complexity index is 461. The maximum atomic E-state index is 11.4. The minimum absolute atomic E-state index is 0.170. The van der Waals surface area contributed by atoms with Crippen molar-refractivity contribution in [2.24, 2.45) is 5.92 Å². The van der Waals surface area contributed by atoms with Crippen LogP contribution in [-0.4, -0.2) is 30.8 Å². The molecular formula is C17H25NO3. The van der Waals surface area contributed by atoms with Gasteiger partial charge in [-0.05, 0) is 29.9 Å². The molecular weight excluding hydrogens is 266 g/mol. The van der Waals surface area contributed by atoms with E-state index in [1.165, 1.54) is 13.5 Å². The van der Waals surface area contributed by atoms with E-state index in [4.69, 9.17) is 4.74 Å². The minimum Gasteiger partial charge on any atom is -0.469 e. The number of methoxy groups -OCH3 is 1. The Morgan fingerprint density at radius 1 is 1.29 bits per heavy atom. The first-order valence-corrected chi connectivity index (χ1v) is 7.73. The van der Waals surface area contributed by atoms with Crippen molar-refractivity contribution in [2.45, 2.75) is 44.8 Å². The molecule has 1 aromatic rings. The summed E-state index contributed by atoms with van der Waals surface area (Å²) >= 11 is 0. The van der Waals surface area contributed by atoms with Crippen molar-refractivity contribution in [3.8, 4) is 0 Å². The van der Waals surface area contributed by atoms with E-state index >= 15 is 0 Å². The Balaban J connectivity index is 1.86. The Labute approximate surface area is 126 Å². The number of ether oxygens (including phenoxy) is 1. The second kappa shape index (κ2) is 8.15. The van der Waals surface area contributed by atoms with Crippen molar-refractivity contribution < 1.29 is 14.6 Å². The molecule has 0 amide bonds. The SMILES string of the molecule is COC(=O)Cc1ccccc1CNCC1CCCCC1O. The quantitative estimate of drug-likeness (QED) is 0.788. The first kappa shape index (κ1) is 16.0. The van der Waals surface area contributed by atoms with Crippen LogP contribution in [0.3, 0.4) is 0 Å². The lowest BCUT2D eigenvalue weighted by molar-refractivity contribution is -0.139. The third kappa shape index (κ3) is 4.83. The fourth-order valence-electron chi connectivity index (χ4n) is 2.95. The molecule has 0 aliphatic heterocycles. The zero-order valence-electron chi connectivity index (χ0n) is 12.7. The third-order valence-corrected chi connectivity index (χ3v) is 4.27. The number of esters is 1. The van der Waals surface area contributed by atoms with E-state index in [1.54, 1.807) is 0 Å². The zero-order valence-corrected chi connectivity index (χ0v) is 12.7. The van der Waals surface area contributed by atoms with Crippen LogP contribution in [0.5, 0.6) is 0 Å². The van der Waals surface area contributed by atoms with Crippen LogP contribution in [0, 0.1) is 5.92 Å². The van der Waals surface area contributed by atoms with E-state index in [2.05, 4.69) is 5.32 Å². The van der Waals surface area contributed by atoms with Crippen molar-refractivity contribution in [2.75, 3.05) is 13.7 Å². The monoisotopic (exact) mass is 291 g/mol. The van der Waals surface area contributed by atoms with Crippen LogP contribution in [0.25, 0.3) is 0 Å². The van der Waals surface area contributed by atoms with Gasteiger partial charge >= 0.3 is 5.97 Å². The topological polar surface area (TPSA) is 58.6 Å². The van der Waals surface area contributed by atoms with Crippen LogP contribution in [0.1, 0.15) is 36.8 Å². The van der Waals surface area contributed by atoms with E-state index in [1.807, 2.05) is 24.3 Å². The van der Waals surface area contributed by atoms with Crippen molar-refractivity contribution in [3.05, 3.63) is 35.4 Å². The average Bonchev–Trinajstić information content (AvgIpc) is 2.50. The van der Waals surface area contributed by atoms with Crippen LogP contribution >= 0.6 is 0 Å². The molecule has 4 heteroatoms. The molecule has 1 aliphatic rings. The summed E-state index contributed by atoms with van der Waals surface area (Å²) in [6, 6.07) is 7.91. The first-order valence-electron chi connectivity index (χ1n) is 7.73. The van der Waals surface area contributed by atoms with Crippen molar-refractivity contribution in [1.29, 1.82) is 0 Å². The van der Waals surface area contributed by atoms with Gasteiger partial charge < -0.3 is 15.2 Å². The molecule has 116 valence electrons. The molecule has 1 aromatic carbocycles. The Morgan fingerprint density at radius 3 is 2.71 bits per heavy atom. The molecule has 0 aromatic heterocycles. The first-order chi connectivity index (χ1) is 10.2. The fraction of sp³-hybridized carbons (Fsp3) is 0.588. The lowest BCUT2D eigenvalue weighted by Gasteiger charge is -2.27. The molecule has 1 fully saturated rings. The molecule has 4 nitrogen and oxygen atoms in total. The number of hydrogen-bond donors (Lipinski definition) is 2. The van der Waals surface area contributed by atoms with Gasteiger partial charge in [-0.15, -0.1) is 0 Å². The molecule has 2 rings (SSSR count). The highest BCUT2D eigenvalue weighted by Gasteiger charge is 2.22. The molecule has 2 N–H and O–H groups in total. The van der Waals surface area contributed by atoms with Crippen LogP contribution in [0.15, 0.2) is 24.3 Å². The van der Waals surface area contributed by atoms with E-state index in [0.717, 1.165) is 43.5 Å². The highest BCUT2D eigenvalue weighted by molar-refractivity contribution is 5.72. The number of nitrogens with one attached hydrogen (secondary N) is 1. The zero-order chi connectivity index (χ0) is 15.1. The maximum Gasteiger partial charge on any atom is 0.309 e. The standard InChI is InChI=1S/C17H25NO3/c1-21-17(20)10-13-6-2-3-7-14(13)11-18-12-15-8-4-5-9-16(15)19/h2-3,6-7,15-16,18-19H,4-5,8-12H2,1H3. The molecule has 0 bridgehead atoms. The predicted molar refractivity (Wildman–Crippen MR) is 81.8 cm³/mol. The normalized spacial score (nSPS) is 22.0. The summed E-state index contributed by atoms with van der Waals surface area (Å²) in [5, 5.41) is 13.4. The molecule has 1 aliphatic carbocycles. The molecule has 0 radical (unpaired) electrons.